The van der Waals surface area contributed by atoms with Crippen LogP contribution < -0.4 is 19.1 Å². The highest BCUT2D eigenvalue weighted by atomic mass is 32.2. The molecule has 1 aliphatic rings. The number of hydrogen-bond acceptors (Lipinski definition) is 6. The van der Waals surface area contributed by atoms with Gasteiger partial charge < -0.3 is 19.5 Å². The Morgan fingerprint density at radius 3 is 2.50 bits per heavy atom. The van der Waals surface area contributed by atoms with Crippen molar-refractivity contribution >= 4 is 21.6 Å². The molecule has 0 fully saturated rings. The fourth-order valence-electron chi connectivity index (χ4n) is 3.04. The standard InChI is InChI=1S/C22H27FN2O6S/c1-16(2)29-11-3-10-24-22(26)15-25(18-6-4-17(23)5-7-18)32(27,28)19-8-9-20-21(14-19)31-13-12-30-20/h4-9,14,16H,3,10-13,15H2,1-2H3,(H,24,26). The average Bonchev–Trinajstić information content (AvgIpc) is 2.77. The lowest BCUT2D eigenvalue weighted by molar-refractivity contribution is -0.119. The van der Waals surface area contributed by atoms with E-state index in [2.05, 4.69) is 5.32 Å². The Bertz CT molecular complexity index is 1030. The number of carbonyl (C=O) groups is 1. The van der Waals surface area contributed by atoms with Gasteiger partial charge in [0.25, 0.3) is 10.0 Å². The largest absolute Gasteiger partial charge is 0.486 e. The lowest BCUT2D eigenvalue weighted by Gasteiger charge is -2.25. The van der Waals surface area contributed by atoms with Crippen molar-refractivity contribution in [2.45, 2.75) is 31.3 Å². The van der Waals surface area contributed by atoms with E-state index in [1.165, 1.54) is 30.3 Å². The van der Waals surface area contributed by atoms with Gasteiger partial charge in [-0.1, -0.05) is 0 Å². The maximum atomic E-state index is 13.4. The van der Waals surface area contributed by atoms with Gasteiger partial charge in [-0.25, -0.2) is 12.8 Å². The molecule has 0 spiro atoms. The highest BCUT2D eigenvalue weighted by Crippen LogP contribution is 2.34. The van der Waals surface area contributed by atoms with E-state index in [1.807, 2.05) is 13.8 Å². The number of amides is 1. The Kier molecular flexibility index (Phi) is 7.92. The van der Waals surface area contributed by atoms with Crippen LogP contribution in [0, 0.1) is 5.82 Å². The minimum atomic E-state index is -4.15. The molecule has 0 bridgehead atoms. The van der Waals surface area contributed by atoms with Crippen molar-refractivity contribution in [3.63, 3.8) is 0 Å². The fourth-order valence-corrected chi connectivity index (χ4v) is 4.48. The number of anilines is 1. The first-order valence-corrected chi connectivity index (χ1v) is 11.8. The maximum Gasteiger partial charge on any atom is 0.264 e. The van der Waals surface area contributed by atoms with Crippen molar-refractivity contribution < 1.29 is 31.8 Å². The molecule has 1 N–H and O–H groups in total. The molecule has 0 saturated carbocycles. The van der Waals surface area contributed by atoms with Crippen LogP contribution in [0.1, 0.15) is 20.3 Å². The molecule has 174 valence electrons. The Morgan fingerprint density at radius 1 is 1.12 bits per heavy atom. The molecular formula is C22H27FN2O6S. The van der Waals surface area contributed by atoms with Crippen molar-refractivity contribution in [3.05, 3.63) is 48.3 Å². The second-order valence-electron chi connectivity index (χ2n) is 7.42. The van der Waals surface area contributed by atoms with Gasteiger partial charge in [0, 0.05) is 19.2 Å². The predicted octanol–water partition coefficient (Wildman–Crippen LogP) is 2.72. The zero-order valence-corrected chi connectivity index (χ0v) is 18.9. The van der Waals surface area contributed by atoms with Crippen molar-refractivity contribution in [1.29, 1.82) is 0 Å². The molecule has 2 aromatic rings. The van der Waals surface area contributed by atoms with Crippen molar-refractivity contribution in [1.82, 2.24) is 5.32 Å². The van der Waals surface area contributed by atoms with Gasteiger partial charge in [-0.15, -0.1) is 0 Å². The normalized spacial score (nSPS) is 13.1. The number of nitrogens with one attached hydrogen (secondary N) is 1. The summed E-state index contributed by atoms with van der Waals surface area (Å²) in [6.45, 7) is 4.88. The maximum absolute atomic E-state index is 13.4. The molecule has 0 atom stereocenters. The van der Waals surface area contributed by atoms with Crippen LogP contribution in [0.2, 0.25) is 0 Å². The lowest BCUT2D eigenvalue weighted by Crippen LogP contribution is -2.41. The van der Waals surface area contributed by atoms with E-state index >= 15 is 0 Å². The molecule has 0 aliphatic carbocycles. The monoisotopic (exact) mass is 466 g/mol. The van der Waals surface area contributed by atoms with Crippen LogP contribution in [0.3, 0.4) is 0 Å². The molecule has 1 aliphatic heterocycles. The van der Waals surface area contributed by atoms with E-state index in [0.29, 0.717) is 44.3 Å². The van der Waals surface area contributed by atoms with E-state index < -0.39 is 28.3 Å². The zero-order chi connectivity index (χ0) is 23.1. The summed E-state index contributed by atoms with van der Waals surface area (Å²) in [4.78, 5) is 12.5. The second kappa shape index (κ2) is 10.6. The van der Waals surface area contributed by atoms with E-state index in [1.54, 1.807) is 0 Å². The summed E-state index contributed by atoms with van der Waals surface area (Å²) < 4.78 is 57.6. The molecule has 0 radical (unpaired) electrons. The molecule has 2 aromatic carbocycles. The molecule has 1 amide bonds. The van der Waals surface area contributed by atoms with Gasteiger partial charge in [0.2, 0.25) is 5.91 Å². The molecular weight excluding hydrogens is 439 g/mol. The third-order valence-electron chi connectivity index (χ3n) is 4.60. The number of ether oxygens (including phenoxy) is 3. The third kappa shape index (κ3) is 6.10. The molecule has 32 heavy (non-hydrogen) atoms. The molecule has 3 rings (SSSR count). The smallest absolute Gasteiger partial charge is 0.264 e. The number of sulfonamides is 1. The Balaban J connectivity index is 1.79. The predicted molar refractivity (Wildman–Crippen MR) is 117 cm³/mol. The number of rotatable bonds is 10. The van der Waals surface area contributed by atoms with Crippen LogP contribution in [0.25, 0.3) is 0 Å². The van der Waals surface area contributed by atoms with Crippen molar-refractivity contribution in [2.24, 2.45) is 0 Å². The minimum Gasteiger partial charge on any atom is -0.486 e. The van der Waals surface area contributed by atoms with Crippen LogP contribution in [0.5, 0.6) is 11.5 Å². The number of benzene rings is 2. The summed E-state index contributed by atoms with van der Waals surface area (Å²) in [6.07, 6.45) is 0.686. The van der Waals surface area contributed by atoms with Crippen molar-refractivity contribution in [2.75, 3.05) is 37.2 Å². The summed E-state index contributed by atoms with van der Waals surface area (Å²) >= 11 is 0. The lowest BCUT2D eigenvalue weighted by atomic mass is 10.3. The topological polar surface area (TPSA) is 94.2 Å². The van der Waals surface area contributed by atoms with Gasteiger partial charge in [0.05, 0.1) is 16.7 Å². The number of carbonyl (C=O) groups excluding carboxylic acids is 1. The zero-order valence-electron chi connectivity index (χ0n) is 18.0. The quantitative estimate of drug-likeness (QED) is 0.541. The first kappa shape index (κ1) is 23.8. The number of nitrogens with zero attached hydrogens (tertiary/aromatic N) is 1. The van der Waals surface area contributed by atoms with Crippen LogP contribution in [0.15, 0.2) is 47.4 Å². The fraction of sp³-hybridized carbons (Fsp3) is 0.409. The molecule has 0 aromatic heterocycles. The van der Waals surface area contributed by atoms with E-state index in [0.717, 1.165) is 16.4 Å². The SMILES string of the molecule is CC(C)OCCCNC(=O)CN(c1ccc(F)cc1)S(=O)(=O)c1ccc2c(c1)OCCO2. The summed E-state index contributed by atoms with van der Waals surface area (Å²) in [5.41, 5.74) is 0.166. The molecule has 10 heteroatoms. The van der Waals surface area contributed by atoms with E-state index in [-0.39, 0.29) is 16.7 Å². The summed E-state index contributed by atoms with van der Waals surface area (Å²) in [5.74, 6) is -0.240. The number of halogens is 1. The van der Waals surface area contributed by atoms with Crippen LogP contribution in [-0.4, -0.2) is 53.3 Å². The summed E-state index contributed by atoms with van der Waals surface area (Å²) in [7, 11) is -4.15. The first-order chi connectivity index (χ1) is 15.3. The first-order valence-electron chi connectivity index (χ1n) is 10.3. The van der Waals surface area contributed by atoms with Crippen molar-refractivity contribution in [3.8, 4) is 11.5 Å². The van der Waals surface area contributed by atoms with Gasteiger partial charge in [-0.05, 0) is 56.7 Å². The highest BCUT2D eigenvalue weighted by molar-refractivity contribution is 7.92. The average molecular weight is 467 g/mol. The number of fused-ring (bicyclic) bond motifs is 1. The van der Waals surface area contributed by atoms with Gasteiger partial charge in [-0.3, -0.25) is 9.10 Å². The Hall–Kier alpha value is -2.85. The third-order valence-corrected chi connectivity index (χ3v) is 6.37. The summed E-state index contributed by atoms with van der Waals surface area (Å²) in [6, 6.07) is 9.18. The van der Waals surface area contributed by atoms with Gasteiger partial charge >= 0.3 is 0 Å². The molecule has 0 saturated heterocycles. The molecule has 0 unspecified atom stereocenters. The minimum absolute atomic E-state index is 0.0655. The van der Waals surface area contributed by atoms with Gasteiger partial charge in [0.1, 0.15) is 25.6 Å². The van der Waals surface area contributed by atoms with Crippen LogP contribution >= 0.6 is 0 Å². The highest BCUT2D eigenvalue weighted by Gasteiger charge is 2.29. The Morgan fingerprint density at radius 2 is 1.81 bits per heavy atom. The van der Waals surface area contributed by atoms with E-state index in [4.69, 9.17) is 14.2 Å². The summed E-state index contributed by atoms with van der Waals surface area (Å²) in [5, 5.41) is 2.70. The van der Waals surface area contributed by atoms with Crippen LogP contribution in [0.4, 0.5) is 10.1 Å². The Labute approximate surface area is 187 Å². The van der Waals surface area contributed by atoms with E-state index in [9.17, 15) is 17.6 Å². The molecule has 1 heterocycles. The second-order valence-corrected chi connectivity index (χ2v) is 9.28. The van der Waals surface area contributed by atoms with Gasteiger partial charge in [-0.2, -0.15) is 0 Å². The van der Waals surface area contributed by atoms with Crippen LogP contribution in [-0.2, 0) is 19.6 Å². The van der Waals surface area contributed by atoms with Gasteiger partial charge in [0.15, 0.2) is 11.5 Å². The molecule has 8 nitrogen and oxygen atoms in total. The number of hydrogen-bond donors (Lipinski definition) is 1.